The van der Waals surface area contributed by atoms with E-state index in [1.165, 1.54) is 6.42 Å². The van der Waals surface area contributed by atoms with Gasteiger partial charge < -0.3 is 15.6 Å². The first-order valence-electron chi connectivity index (χ1n) is 4.27. The molecule has 2 unspecified atom stereocenters. The third kappa shape index (κ3) is 3.18. The minimum atomic E-state index is -0.0540. The molecule has 66 valence electrons. The van der Waals surface area contributed by atoms with Crippen LogP contribution in [-0.4, -0.2) is 31.0 Å². The quantitative estimate of drug-likeness (QED) is 0.615. The maximum atomic E-state index is 8.70. The lowest BCUT2D eigenvalue weighted by atomic mass is 9.95. The monoisotopic (exact) mass is 159 g/mol. The fourth-order valence-electron chi connectivity index (χ4n) is 1.50. The molecule has 0 aliphatic carbocycles. The van der Waals surface area contributed by atoms with Crippen molar-refractivity contribution >= 4 is 0 Å². The van der Waals surface area contributed by atoms with Crippen molar-refractivity contribution < 1.29 is 9.84 Å². The Hall–Kier alpha value is -0.120. The molecule has 1 saturated heterocycles. The van der Waals surface area contributed by atoms with Crippen molar-refractivity contribution in [3.8, 4) is 0 Å². The predicted octanol–water partition coefficient (Wildman–Crippen LogP) is 0.123. The van der Waals surface area contributed by atoms with E-state index in [-0.39, 0.29) is 12.6 Å². The molecular formula is C8H17NO2. The van der Waals surface area contributed by atoms with Crippen molar-refractivity contribution in [3.63, 3.8) is 0 Å². The zero-order valence-corrected chi connectivity index (χ0v) is 6.83. The molecule has 0 radical (unpaired) electrons. The van der Waals surface area contributed by atoms with E-state index in [2.05, 4.69) is 0 Å². The van der Waals surface area contributed by atoms with Crippen LogP contribution in [0.2, 0.25) is 0 Å². The van der Waals surface area contributed by atoms with Gasteiger partial charge in [0.25, 0.3) is 0 Å². The highest BCUT2D eigenvalue weighted by Crippen LogP contribution is 2.17. The summed E-state index contributed by atoms with van der Waals surface area (Å²) in [5, 5.41) is 8.70. The number of aliphatic hydroxyl groups excluding tert-OH is 1. The van der Waals surface area contributed by atoms with Gasteiger partial charge in [0.1, 0.15) is 0 Å². The lowest BCUT2D eigenvalue weighted by molar-refractivity contribution is 0.0464. The topological polar surface area (TPSA) is 55.5 Å². The van der Waals surface area contributed by atoms with Gasteiger partial charge in [-0.1, -0.05) is 0 Å². The third-order valence-corrected chi connectivity index (χ3v) is 2.13. The van der Waals surface area contributed by atoms with E-state index < -0.39 is 0 Å². The first-order chi connectivity index (χ1) is 5.33. The van der Waals surface area contributed by atoms with Gasteiger partial charge in [0.15, 0.2) is 0 Å². The number of ether oxygens (including phenoxy) is 1. The summed E-state index contributed by atoms with van der Waals surface area (Å²) in [6, 6.07) is -0.0540. The Balaban J connectivity index is 2.13. The first-order valence-corrected chi connectivity index (χ1v) is 4.27. The molecule has 3 N–H and O–H groups in total. The van der Waals surface area contributed by atoms with Crippen molar-refractivity contribution in [2.24, 2.45) is 11.7 Å². The number of nitrogens with two attached hydrogens (primary N) is 1. The Morgan fingerprint density at radius 3 is 3.00 bits per heavy atom. The molecule has 0 spiro atoms. The molecule has 2 atom stereocenters. The van der Waals surface area contributed by atoms with Crippen molar-refractivity contribution in [2.75, 3.05) is 19.8 Å². The van der Waals surface area contributed by atoms with E-state index in [9.17, 15) is 0 Å². The maximum Gasteiger partial charge on any atom is 0.0582 e. The number of aliphatic hydroxyl groups is 1. The van der Waals surface area contributed by atoms with Gasteiger partial charge in [-0.3, -0.25) is 0 Å². The van der Waals surface area contributed by atoms with E-state index in [0.717, 1.165) is 26.1 Å². The Morgan fingerprint density at radius 1 is 1.64 bits per heavy atom. The molecule has 0 bridgehead atoms. The molecule has 1 heterocycles. The molecule has 3 nitrogen and oxygen atoms in total. The lowest BCUT2D eigenvalue weighted by Crippen LogP contribution is -2.30. The molecule has 0 amide bonds. The summed E-state index contributed by atoms with van der Waals surface area (Å²) in [6.45, 7) is 1.81. The second-order valence-electron chi connectivity index (χ2n) is 3.26. The number of hydrogen-bond donors (Lipinski definition) is 2. The van der Waals surface area contributed by atoms with Crippen LogP contribution in [0.5, 0.6) is 0 Å². The highest BCUT2D eigenvalue weighted by molar-refractivity contribution is 4.69. The van der Waals surface area contributed by atoms with Gasteiger partial charge in [0.2, 0.25) is 0 Å². The molecule has 1 aliphatic rings. The van der Waals surface area contributed by atoms with Gasteiger partial charge >= 0.3 is 0 Å². The van der Waals surface area contributed by atoms with E-state index in [0.29, 0.717) is 5.92 Å². The van der Waals surface area contributed by atoms with Crippen molar-refractivity contribution in [1.82, 2.24) is 0 Å². The Morgan fingerprint density at radius 2 is 2.45 bits per heavy atom. The van der Waals surface area contributed by atoms with Crippen LogP contribution in [0.25, 0.3) is 0 Å². The van der Waals surface area contributed by atoms with Crippen molar-refractivity contribution in [2.45, 2.75) is 25.3 Å². The maximum absolute atomic E-state index is 8.70. The third-order valence-electron chi connectivity index (χ3n) is 2.13. The van der Waals surface area contributed by atoms with Crippen LogP contribution in [-0.2, 0) is 4.74 Å². The average molecular weight is 159 g/mol. The highest BCUT2D eigenvalue weighted by atomic mass is 16.5. The van der Waals surface area contributed by atoms with Crippen LogP contribution >= 0.6 is 0 Å². The zero-order valence-electron chi connectivity index (χ0n) is 6.83. The van der Waals surface area contributed by atoms with Gasteiger partial charge in [-0.2, -0.15) is 0 Å². The number of rotatable bonds is 3. The summed E-state index contributed by atoms with van der Waals surface area (Å²) in [6.07, 6.45) is 3.24. The van der Waals surface area contributed by atoms with Gasteiger partial charge in [0.05, 0.1) is 6.61 Å². The summed E-state index contributed by atoms with van der Waals surface area (Å²) in [7, 11) is 0. The minimum Gasteiger partial charge on any atom is -0.395 e. The average Bonchev–Trinajstić information content (AvgIpc) is 2.06. The number of hydrogen-bond acceptors (Lipinski definition) is 3. The highest BCUT2D eigenvalue weighted by Gasteiger charge is 2.16. The van der Waals surface area contributed by atoms with E-state index in [4.69, 9.17) is 15.6 Å². The second-order valence-corrected chi connectivity index (χ2v) is 3.26. The summed E-state index contributed by atoms with van der Waals surface area (Å²) in [5.74, 6) is 0.575. The fraction of sp³-hybridized carbons (Fsp3) is 1.00. The van der Waals surface area contributed by atoms with Crippen LogP contribution in [0.3, 0.4) is 0 Å². The second kappa shape index (κ2) is 4.70. The Bertz CT molecular complexity index is 102. The normalized spacial score (nSPS) is 28.4. The Labute approximate surface area is 67.5 Å². The standard InChI is InChI=1S/C8H17NO2/c9-8(5-10)4-7-2-1-3-11-6-7/h7-8,10H,1-6,9H2. The molecule has 0 saturated carbocycles. The molecule has 0 aromatic rings. The van der Waals surface area contributed by atoms with E-state index in [1.807, 2.05) is 0 Å². The molecule has 3 heteroatoms. The van der Waals surface area contributed by atoms with E-state index in [1.54, 1.807) is 0 Å². The lowest BCUT2D eigenvalue weighted by Gasteiger charge is -2.23. The molecule has 0 aromatic carbocycles. The smallest absolute Gasteiger partial charge is 0.0582 e. The summed E-state index contributed by atoms with van der Waals surface area (Å²) in [5.41, 5.74) is 5.60. The summed E-state index contributed by atoms with van der Waals surface area (Å²) >= 11 is 0. The van der Waals surface area contributed by atoms with Crippen molar-refractivity contribution in [1.29, 1.82) is 0 Å². The van der Waals surface area contributed by atoms with Crippen LogP contribution in [0.4, 0.5) is 0 Å². The summed E-state index contributed by atoms with van der Waals surface area (Å²) in [4.78, 5) is 0. The van der Waals surface area contributed by atoms with Crippen molar-refractivity contribution in [3.05, 3.63) is 0 Å². The fourth-order valence-corrected chi connectivity index (χ4v) is 1.50. The molecule has 1 rings (SSSR count). The van der Waals surface area contributed by atoms with Gasteiger partial charge in [-0.15, -0.1) is 0 Å². The van der Waals surface area contributed by atoms with Crippen LogP contribution < -0.4 is 5.73 Å². The molecular weight excluding hydrogens is 142 g/mol. The molecule has 1 fully saturated rings. The van der Waals surface area contributed by atoms with Gasteiger partial charge in [-0.05, 0) is 25.2 Å². The molecule has 0 aromatic heterocycles. The largest absolute Gasteiger partial charge is 0.395 e. The van der Waals surface area contributed by atoms with Crippen LogP contribution in [0.15, 0.2) is 0 Å². The minimum absolute atomic E-state index is 0.0540. The van der Waals surface area contributed by atoms with Crippen LogP contribution in [0, 0.1) is 5.92 Å². The Kier molecular flexibility index (Phi) is 3.83. The molecule has 1 aliphatic heterocycles. The van der Waals surface area contributed by atoms with Gasteiger partial charge in [0, 0.05) is 19.3 Å². The summed E-state index contributed by atoms with van der Waals surface area (Å²) < 4.78 is 5.29. The van der Waals surface area contributed by atoms with E-state index >= 15 is 0 Å². The van der Waals surface area contributed by atoms with Crippen LogP contribution in [0.1, 0.15) is 19.3 Å². The van der Waals surface area contributed by atoms with Gasteiger partial charge in [-0.25, -0.2) is 0 Å². The first kappa shape index (κ1) is 8.97. The molecule has 11 heavy (non-hydrogen) atoms. The SMILES string of the molecule is NC(CO)CC1CCCOC1. The predicted molar refractivity (Wildman–Crippen MR) is 43.2 cm³/mol. The zero-order chi connectivity index (χ0) is 8.10.